The summed E-state index contributed by atoms with van der Waals surface area (Å²) in [4.78, 5) is 0. The fraction of sp³-hybridized carbons (Fsp3) is 0.0370. The Hall–Kier alpha value is -10.1. The summed E-state index contributed by atoms with van der Waals surface area (Å²) in [6.45, 7) is 0. The monoisotopic (exact) mass is 1030 g/mol. The minimum Gasteiger partial charge on any atom is -0.0663 e. The lowest BCUT2D eigenvalue weighted by atomic mass is 9.63. The molecule has 81 heavy (non-hydrogen) atoms. The van der Waals surface area contributed by atoms with Gasteiger partial charge in [0.25, 0.3) is 0 Å². The van der Waals surface area contributed by atoms with Gasteiger partial charge in [-0.15, -0.1) is 0 Å². The molecule has 14 rings (SSSR count). The third-order valence-electron chi connectivity index (χ3n) is 16.8. The summed E-state index contributed by atoms with van der Waals surface area (Å²) in [6.07, 6.45) is 25.3. The molecule has 0 N–H and O–H groups in total. The highest BCUT2D eigenvalue weighted by Crippen LogP contribution is 2.67. The van der Waals surface area contributed by atoms with Crippen LogP contribution < -0.4 is 0 Å². The van der Waals surface area contributed by atoms with Gasteiger partial charge in [-0.25, -0.2) is 0 Å². The van der Waals surface area contributed by atoms with Gasteiger partial charge >= 0.3 is 0 Å². The quantitative estimate of drug-likeness (QED) is 0.114. The van der Waals surface area contributed by atoms with Crippen molar-refractivity contribution in [2.45, 2.75) is 5.41 Å². The van der Waals surface area contributed by atoms with E-state index in [1.54, 1.807) is 0 Å². The molecule has 0 fully saturated rings. The summed E-state index contributed by atoms with van der Waals surface area (Å²) in [5.41, 5.74) is 21.9. The maximum atomic E-state index is 2.64. The van der Waals surface area contributed by atoms with E-state index >= 15 is 0 Å². The maximum Gasteiger partial charge on any atom is 0.0720 e. The number of allylic oxidation sites excluding steroid dienone is 14. The highest BCUT2D eigenvalue weighted by molar-refractivity contribution is 5.95. The standard InChI is InChI=1S/C81H58/c1-9-29-59(30-10-1)71(60-31-11-2-12-32-60)53-79(54-72(61-33-13-3-14-34-61)62-35-15-4-16-36-62)51-49-69-70-50-52-80(55-73(63-37-17-5-18-38-63)64-39-19-6-20-40-64,56-74(65-41-21-7-22-42-65)66-43-23-8-24-44-66)58-78(70)81(77(69)57-79)75-47-27-25-45-67(75)68-46-26-28-48-76(68)81/h1-58H. The van der Waals surface area contributed by atoms with Gasteiger partial charge < -0.3 is 0 Å². The third kappa shape index (κ3) is 8.92. The number of hydrogen-bond donors (Lipinski definition) is 0. The average molecular weight is 1030 g/mol. The zero-order chi connectivity index (χ0) is 54.1. The first-order valence-electron chi connectivity index (χ1n) is 28.2. The van der Waals surface area contributed by atoms with Crippen molar-refractivity contribution in [3.63, 3.8) is 0 Å². The van der Waals surface area contributed by atoms with E-state index in [9.17, 15) is 0 Å². The van der Waals surface area contributed by atoms with E-state index in [0.29, 0.717) is 0 Å². The first-order valence-corrected chi connectivity index (χ1v) is 28.2. The Morgan fingerprint density at radius 3 is 0.679 bits per heavy atom. The Kier molecular flexibility index (Phi) is 12.7. The van der Waals surface area contributed by atoms with Crippen LogP contribution in [0.15, 0.2) is 374 Å². The Bertz CT molecular complexity index is 3610. The number of hydrogen-bond acceptors (Lipinski definition) is 0. The molecule has 0 radical (unpaired) electrons. The van der Waals surface area contributed by atoms with Crippen molar-refractivity contribution in [1.29, 1.82) is 0 Å². The van der Waals surface area contributed by atoms with Crippen molar-refractivity contribution in [2.75, 3.05) is 0 Å². The summed E-state index contributed by atoms with van der Waals surface area (Å²) in [7, 11) is 0. The van der Waals surface area contributed by atoms with Crippen molar-refractivity contribution in [3.05, 3.63) is 430 Å². The minimum atomic E-state index is -0.753. The molecule has 10 aromatic rings. The Morgan fingerprint density at radius 1 is 0.235 bits per heavy atom. The molecule has 0 aromatic heterocycles. The number of fused-ring (bicyclic) bond motifs is 9. The molecule has 0 bridgehead atoms. The molecule has 1 spiro atoms. The summed E-state index contributed by atoms with van der Waals surface area (Å²) in [5, 5.41) is 0. The van der Waals surface area contributed by atoms with Crippen LogP contribution in [0, 0.1) is 10.8 Å². The third-order valence-corrected chi connectivity index (χ3v) is 16.8. The van der Waals surface area contributed by atoms with E-state index in [1.807, 2.05) is 0 Å². The summed E-state index contributed by atoms with van der Waals surface area (Å²) < 4.78 is 0. The molecule has 0 saturated carbocycles. The van der Waals surface area contributed by atoms with Crippen LogP contribution in [0.2, 0.25) is 0 Å². The highest BCUT2D eigenvalue weighted by Gasteiger charge is 2.56. The van der Waals surface area contributed by atoms with Gasteiger partial charge in [-0.3, -0.25) is 0 Å². The maximum absolute atomic E-state index is 2.64. The van der Waals surface area contributed by atoms with Gasteiger partial charge in [-0.2, -0.15) is 0 Å². The van der Waals surface area contributed by atoms with Gasteiger partial charge in [0, 0.05) is 10.8 Å². The molecule has 4 aliphatic rings. The fourth-order valence-corrected chi connectivity index (χ4v) is 13.2. The summed E-state index contributed by atoms with van der Waals surface area (Å²) >= 11 is 0. The molecule has 4 aliphatic carbocycles. The van der Waals surface area contributed by atoms with Gasteiger partial charge in [0.15, 0.2) is 0 Å². The van der Waals surface area contributed by atoms with E-state index in [1.165, 1.54) is 66.8 Å². The molecule has 0 saturated heterocycles. The summed E-state index contributed by atoms with van der Waals surface area (Å²) in [6, 6.07) is 106. The molecular formula is C81H58. The molecule has 0 heteroatoms. The average Bonchev–Trinajstić information content (AvgIpc) is 1.74. The van der Waals surface area contributed by atoms with E-state index in [0.717, 1.165) is 44.5 Å². The van der Waals surface area contributed by atoms with Gasteiger partial charge in [-0.05, 0) is 111 Å². The van der Waals surface area contributed by atoms with Crippen LogP contribution >= 0.6 is 0 Å². The van der Waals surface area contributed by atoms with Crippen LogP contribution in [0.5, 0.6) is 0 Å². The number of rotatable bonds is 12. The first-order chi connectivity index (χ1) is 40.1. The van der Waals surface area contributed by atoms with Crippen molar-refractivity contribution >= 4 is 22.3 Å². The minimum absolute atomic E-state index is 0.716. The molecule has 382 valence electrons. The lowest BCUT2D eigenvalue weighted by Crippen LogP contribution is -2.31. The van der Waals surface area contributed by atoms with E-state index in [-0.39, 0.29) is 0 Å². The Labute approximate surface area is 476 Å². The first kappa shape index (κ1) is 49.2. The molecule has 0 heterocycles. The van der Waals surface area contributed by atoms with E-state index in [4.69, 9.17) is 0 Å². The SMILES string of the molecule is C1=CC(C=C(c2ccccc2)c2ccccc2)(C=C(c2ccccc2)c2ccccc2)C=C2C1=C1C=CC(C=C(c3ccccc3)c3ccccc3)(C=C(c3ccccc3)c3ccccc3)C=C1C21c2ccccc2-c2ccccc21. The molecule has 0 unspecified atom stereocenters. The van der Waals surface area contributed by atoms with Crippen LogP contribution in [-0.4, -0.2) is 0 Å². The second kappa shape index (κ2) is 20.9. The zero-order valence-corrected chi connectivity index (χ0v) is 45.0. The van der Waals surface area contributed by atoms with Crippen molar-refractivity contribution < 1.29 is 0 Å². The Morgan fingerprint density at radius 2 is 0.444 bits per heavy atom. The topological polar surface area (TPSA) is 0 Å². The van der Waals surface area contributed by atoms with Crippen molar-refractivity contribution in [3.8, 4) is 11.1 Å². The van der Waals surface area contributed by atoms with Crippen molar-refractivity contribution in [1.82, 2.24) is 0 Å². The van der Waals surface area contributed by atoms with Gasteiger partial charge in [0.2, 0.25) is 0 Å². The van der Waals surface area contributed by atoms with Gasteiger partial charge in [0.1, 0.15) is 0 Å². The van der Waals surface area contributed by atoms with Crippen molar-refractivity contribution in [2.24, 2.45) is 10.8 Å². The molecule has 0 aliphatic heterocycles. The normalized spacial score (nSPS) is 15.2. The second-order valence-corrected chi connectivity index (χ2v) is 21.6. The van der Waals surface area contributed by atoms with Crippen LogP contribution in [0.25, 0.3) is 33.4 Å². The second-order valence-electron chi connectivity index (χ2n) is 21.6. The molecular weight excluding hydrogens is 973 g/mol. The predicted molar refractivity (Wildman–Crippen MR) is 339 cm³/mol. The highest BCUT2D eigenvalue weighted by atomic mass is 14.6. The van der Waals surface area contributed by atoms with E-state index in [2.05, 4.69) is 352 Å². The van der Waals surface area contributed by atoms with Gasteiger partial charge in [-0.1, -0.05) is 352 Å². The molecule has 10 aromatic carbocycles. The predicted octanol–water partition coefficient (Wildman–Crippen LogP) is 19.8. The summed E-state index contributed by atoms with van der Waals surface area (Å²) in [5.74, 6) is 0. The zero-order valence-electron chi connectivity index (χ0n) is 45.0. The fourth-order valence-electron chi connectivity index (χ4n) is 13.2. The molecule has 0 amide bonds. The van der Waals surface area contributed by atoms with Gasteiger partial charge in [0.05, 0.1) is 5.41 Å². The Balaban J connectivity index is 1.12. The molecule has 0 atom stereocenters. The number of benzene rings is 10. The van der Waals surface area contributed by atoms with Crippen LogP contribution in [0.3, 0.4) is 0 Å². The largest absolute Gasteiger partial charge is 0.0720 e. The lowest BCUT2D eigenvalue weighted by Gasteiger charge is -2.38. The van der Waals surface area contributed by atoms with Crippen LogP contribution in [0.4, 0.5) is 0 Å². The smallest absolute Gasteiger partial charge is 0.0663 e. The van der Waals surface area contributed by atoms with Crippen LogP contribution in [0.1, 0.15) is 55.6 Å². The van der Waals surface area contributed by atoms with E-state index < -0.39 is 16.2 Å². The molecule has 0 nitrogen and oxygen atoms in total. The van der Waals surface area contributed by atoms with Crippen LogP contribution in [-0.2, 0) is 5.41 Å². The lowest BCUT2D eigenvalue weighted by molar-refractivity contribution is 0.706.